The lowest BCUT2D eigenvalue weighted by molar-refractivity contribution is -0.138. The zero-order valence-electron chi connectivity index (χ0n) is 18.1. The molecule has 2 bridgehead atoms. The fourth-order valence-electron chi connectivity index (χ4n) is 5.40. The van der Waals surface area contributed by atoms with Gasteiger partial charge in [-0.15, -0.1) is 0 Å². The first kappa shape index (κ1) is 8.34. The van der Waals surface area contributed by atoms with Crippen molar-refractivity contribution in [3.8, 4) is 11.5 Å². The molecule has 1 unspecified atom stereocenters. The van der Waals surface area contributed by atoms with Crippen molar-refractivity contribution in [2.45, 2.75) is 43.2 Å². The van der Waals surface area contributed by atoms with E-state index in [-0.39, 0.29) is 23.5 Å². The normalized spacial score (nSPS) is 43.6. The molecule has 1 spiro atoms. The van der Waals surface area contributed by atoms with Crippen molar-refractivity contribution in [3.63, 3.8) is 0 Å². The number of rotatable bonds is 1. The topological polar surface area (TPSA) is 38.8 Å². The molecule has 4 aliphatic rings. The van der Waals surface area contributed by atoms with Crippen LogP contribution in [0.4, 0.5) is 0 Å². The highest BCUT2D eigenvalue weighted by atomic mass is 16.5. The predicted octanol–water partition coefficient (Wildman–Crippen LogP) is 1.93. The quantitative estimate of drug-likeness (QED) is 0.795. The first-order valence-electron chi connectivity index (χ1n) is 10.8. The summed E-state index contributed by atoms with van der Waals surface area (Å²) in [6, 6.07) is 3.18. The zero-order valence-corrected chi connectivity index (χ0v) is 12.1. The van der Waals surface area contributed by atoms with Gasteiger partial charge in [-0.05, 0) is 50.3 Å². The highest BCUT2D eigenvalue weighted by molar-refractivity contribution is 5.89. The van der Waals surface area contributed by atoms with Gasteiger partial charge in [0.05, 0.1) is 11.2 Å². The summed E-state index contributed by atoms with van der Waals surface area (Å²) in [4.78, 5) is 14.4. The van der Waals surface area contributed by atoms with Crippen molar-refractivity contribution in [1.29, 1.82) is 0 Å². The second-order valence-corrected chi connectivity index (χ2v) is 6.89. The van der Waals surface area contributed by atoms with E-state index in [1.54, 1.807) is 17.0 Å². The molecule has 2 heterocycles. The Kier molecular flexibility index (Phi) is 1.53. The number of Topliss-reactive ketones (excluding diaryl/α,β-unsaturated/α-hetero) is 1. The first-order chi connectivity index (χ1) is 13.0. The molecule has 5 rings (SSSR count). The van der Waals surface area contributed by atoms with E-state index < -0.39 is 25.5 Å². The number of hydrogen-bond donors (Lipinski definition) is 0. The zero-order chi connectivity index (χ0) is 20.1. The number of hydrogen-bond acceptors (Lipinski definition) is 4. The highest BCUT2D eigenvalue weighted by Gasteiger charge is 2.65. The van der Waals surface area contributed by atoms with Gasteiger partial charge >= 0.3 is 0 Å². The van der Waals surface area contributed by atoms with Gasteiger partial charge in [0.2, 0.25) is 0 Å². The lowest BCUT2D eigenvalue weighted by Crippen LogP contribution is -2.65. The molecule has 2 aliphatic heterocycles. The van der Waals surface area contributed by atoms with E-state index in [1.807, 2.05) is 0 Å². The second kappa shape index (κ2) is 4.05. The van der Waals surface area contributed by atoms with Crippen molar-refractivity contribution in [3.05, 3.63) is 23.3 Å². The van der Waals surface area contributed by atoms with Gasteiger partial charge in [0.25, 0.3) is 0 Å². The molecule has 4 heteroatoms. The number of carbonyl (C=O) groups excluding carboxylic acids is 1. The van der Waals surface area contributed by atoms with Crippen molar-refractivity contribution < 1.29 is 22.5 Å². The maximum atomic E-state index is 12.8. The Bertz CT molecular complexity index is 866. The summed E-state index contributed by atoms with van der Waals surface area (Å²) >= 11 is 0. The molecule has 4 nitrogen and oxygen atoms in total. The van der Waals surface area contributed by atoms with E-state index >= 15 is 0 Å². The van der Waals surface area contributed by atoms with Crippen LogP contribution in [0.1, 0.15) is 38.6 Å². The number of ether oxygens (including phenoxy) is 2. The number of nitrogens with zero attached hydrogens (tertiary/aromatic N) is 1. The number of ketones is 1. The molecule has 1 aromatic carbocycles. The van der Waals surface area contributed by atoms with Crippen molar-refractivity contribution in [1.82, 2.24) is 4.90 Å². The molecule has 116 valence electrons. The molecular weight excluding hydrogens is 278 g/mol. The van der Waals surface area contributed by atoms with Crippen molar-refractivity contribution >= 4 is 5.78 Å². The lowest BCUT2D eigenvalue weighted by atomic mass is 9.52. The molecule has 0 aromatic heterocycles. The third-order valence-electron chi connectivity index (χ3n) is 6.20. The Morgan fingerprint density at radius 1 is 1.50 bits per heavy atom. The minimum absolute atomic E-state index is 0.00113. The van der Waals surface area contributed by atoms with Crippen LogP contribution >= 0.6 is 0 Å². The third kappa shape index (κ3) is 1.27. The minimum atomic E-state index is -2.62. The summed E-state index contributed by atoms with van der Waals surface area (Å²) in [6.07, 6.45) is 1.33. The summed E-state index contributed by atoms with van der Waals surface area (Å²) < 4.78 is 57.4. The van der Waals surface area contributed by atoms with Gasteiger partial charge in [0, 0.05) is 27.6 Å². The van der Waals surface area contributed by atoms with Crippen molar-refractivity contribution in [2.75, 3.05) is 20.6 Å². The lowest BCUT2D eigenvalue weighted by Gasteiger charge is -2.57. The number of benzene rings is 1. The van der Waals surface area contributed by atoms with Crippen LogP contribution in [-0.2, 0) is 16.6 Å². The maximum absolute atomic E-state index is 12.8. The van der Waals surface area contributed by atoms with Crippen LogP contribution in [-0.4, -0.2) is 43.4 Å². The molecule has 0 amide bonds. The molecule has 1 saturated carbocycles. The molecule has 1 aromatic rings. The van der Waals surface area contributed by atoms with E-state index in [0.717, 1.165) is 11.1 Å². The summed E-state index contributed by atoms with van der Waals surface area (Å²) in [6.45, 7) is -1.83. The number of likely N-dealkylation sites (N-methyl/N-ethyl adjacent to an activating group) is 1. The second-order valence-electron chi connectivity index (χ2n) is 6.89. The van der Waals surface area contributed by atoms with Gasteiger partial charge in [0.15, 0.2) is 23.4 Å². The largest absolute Gasteiger partial charge is 0.493 e. The Hall–Kier alpha value is -1.55. The van der Waals surface area contributed by atoms with Crippen LogP contribution in [0.2, 0.25) is 0 Å². The maximum Gasteiger partial charge on any atom is 0.174 e. The molecular formula is C18H21NO3. The molecule has 2 aliphatic carbocycles. The van der Waals surface area contributed by atoms with E-state index in [2.05, 4.69) is 0 Å². The summed E-state index contributed by atoms with van der Waals surface area (Å²) in [5, 5.41) is 0. The Morgan fingerprint density at radius 3 is 3.32 bits per heavy atom. The molecule has 22 heavy (non-hydrogen) atoms. The average Bonchev–Trinajstić information content (AvgIpc) is 2.90. The fraction of sp³-hybridized carbons (Fsp3) is 0.611. The number of likely N-dealkylation sites (tertiary alicyclic amines) is 1. The molecule has 2 fully saturated rings. The Morgan fingerprint density at radius 2 is 2.45 bits per heavy atom. The monoisotopic (exact) mass is 305 g/mol. The van der Waals surface area contributed by atoms with Crippen LogP contribution in [0.25, 0.3) is 0 Å². The van der Waals surface area contributed by atoms with Gasteiger partial charge in [-0.2, -0.15) is 0 Å². The van der Waals surface area contributed by atoms with Crippen LogP contribution in [0.5, 0.6) is 11.5 Å². The Balaban J connectivity index is 1.69. The van der Waals surface area contributed by atoms with Crippen LogP contribution in [0.3, 0.4) is 0 Å². The average molecular weight is 305 g/mol. The van der Waals surface area contributed by atoms with Gasteiger partial charge in [0.1, 0.15) is 0 Å². The SMILES string of the molecule is [2H]C([2H])([2H])Oc1ccc2c3c1O[C@H]1C(=O)CCC4[C@H](C2)N(C([2H])([2H])[2H])CC[C@@]341. The van der Waals surface area contributed by atoms with Crippen LogP contribution in [0.15, 0.2) is 12.1 Å². The van der Waals surface area contributed by atoms with Gasteiger partial charge < -0.3 is 14.4 Å². The van der Waals surface area contributed by atoms with E-state index in [0.29, 0.717) is 38.0 Å². The predicted molar refractivity (Wildman–Crippen MR) is 81.6 cm³/mol. The molecule has 4 atom stereocenters. The smallest absolute Gasteiger partial charge is 0.174 e. The van der Waals surface area contributed by atoms with E-state index in [9.17, 15) is 4.79 Å². The molecule has 1 saturated heterocycles. The van der Waals surface area contributed by atoms with E-state index in [4.69, 9.17) is 17.7 Å². The first-order valence-corrected chi connectivity index (χ1v) is 7.84. The fourth-order valence-corrected chi connectivity index (χ4v) is 5.40. The van der Waals surface area contributed by atoms with E-state index in [1.165, 1.54) is 0 Å². The van der Waals surface area contributed by atoms with Crippen molar-refractivity contribution in [2.24, 2.45) is 5.92 Å². The minimum Gasteiger partial charge on any atom is -0.493 e. The summed E-state index contributed by atoms with van der Waals surface area (Å²) in [5.41, 5.74) is 1.22. The van der Waals surface area contributed by atoms with Gasteiger partial charge in [-0.3, -0.25) is 4.79 Å². The van der Waals surface area contributed by atoms with Crippen LogP contribution < -0.4 is 9.47 Å². The summed E-state index contributed by atoms with van der Waals surface area (Å²) in [5.74, 6) is 0.479. The highest BCUT2D eigenvalue weighted by Crippen LogP contribution is 2.62. The number of carbonyl (C=O) groups is 1. The van der Waals surface area contributed by atoms with Crippen LogP contribution in [0, 0.1) is 5.92 Å². The Labute approximate surface area is 138 Å². The van der Waals surface area contributed by atoms with Gasteiger partial charge in [-0.1, -0.05) is 6.07 Å². The number of methoxy groups -OCH3 is 1. The molecule has 0 N–H and O–H groups in total. The van der Waals surface area contributed by atoms with Gasteiger partial charge in [-0.25, -0.2) is 0 Å². The summed E-state index contributed by atoms with van der Waals surface area (Å²) in [7, 11) is -2.62. The molecule has 0 radical (unpaired) electrons. The number of piperidine rings is 1. The standard InChI is InChI=1S/C18H21NO3/c1-19-8-7-18-11-4-5-13(20)17(18)22-16-14(21-2)6-3-10(15(16)18)9-12(11)19/h3,6,11-12,17H,4-5,7-9H2,1-2H3/t11?,12-,17-,18-/m0/s1/i1D3,2D3. The third-order valence-corrected chi connectivity index (χ3v) is 6.20.